The highest BCUT2D eigenvalue weighted by molar-refractivity contribution is 9.11. The molecule has 8 heteroatoms. The molecule has 0 saturated heterocycles. The Hall–Kier alpha value is -1.22. The zero-order valence-electron chi connectivity index (χ0n) is 11.2. The van der Waals surface area contributed by atoms with Crippen LogP contribution in [-0.2, 0) is 14.8 Å². The number of carbonyl (C=O) groups is 1. The number of rotatable bonds is 5. The van der Waals surface area contributed by atoms with Crippen molar-refractivity contribution in [3.63, 3.8) is 0 Å². The number of primary amides is 1. The largest absolute Gasteiger partial charge is 0.368 e. The van der Waals surface area contributed by atoms with Gasteiger partial charge in [0.1, 0.15) is 6.04 Å². The maximum absolute atomic E-state index is 12.5. The van der Waals surface area contributed by atoms with E-state index < -0.39 is 22.0 Å². The zero-order chi connectivity index (χ0) is 16.3. The first kappa shape index (κ1) is 17.1. The summed E-state index contributed by atoms with van der Waals surface area (Å²) >= 11 is 6.42. The minimum atomic E-state index is -3.93. The Bertz CT molecular complexity index is 795. The molecule has 1 amide bonds. The van der Waals surface area contributed by atoms with Crippen LogP contribution in [0.15, 0.2) is 62.4 Å². The Morgan fingerprint density at radius 1 is 1.09 bits per heavy atom. The highest BCUT2D eigenvalue weighted by atomic mass is 79.9. The Morgan fingerprint density at radius 3 is 2.32 bits per heavy atom. The van der Waals surface area contributed by atoms with Crippen molar-refractivity contribution in [2.45, 2.75) is 10.9 Å². The number of benzene rings is 2. The molecule has 0 saturated carbocycles. The highest BCUT2D eigenvalue weighted by Gasteiger charge is 2.27. The van der Waals surface area contributed by atoms with Crippen LogP contribution in [0.5, 0.6) is 0 Å². The van der Waals surface area contributed by atoms with Gasteiger partial charge >= 0.3 is 0 Å². The quantitative estimate of drug-likeness (QED) is 0.738. The number of sulfonamides is 1. The van der Waals surface area contributed by atoms with E-state index in [0.29, 0.717) is 14.5 Å². The third-order valence-corrected chi connectivity index (χ3v) is 5.78. The molecule has 5 nitrogen and oxygen atoms in total. The van der Waals surface area contributed by atoms with E-state index in [2.05, 4.69) is 36.6 Å². The standard InChI is InChI=1S/C14H12Br2N2O3S/c15-10-6-7-11(16)12(8-10)22(20,21)18-13(14(17)19)9-4-2-1-3-5-9/h1-8,13,18H,(H2,17,19). The van der Waals surface area contributed by atoms with Gasteiger partial charge in [0.25, 0.3) is 0 Å². The van der Waals surface area contributed by atoms with Gasteiger partial charge in [0.15, 0.2) is 0 Å². The van der Waals surface area contributed by atoms with Crippen LogP contribution in [0.1, 0.15) is 11.6 Å². The molecule has 2 aromatic carbocycles. The van der Waals surface area contributed by atoms with Crippen molar-refractivity contribution >= 4 is 47.8 Å². The number of amides is 1. The highest BCUT2D eigenvalue weighted by Crippen LogP contribution is 2.27. The first-order chi connectivity index (χ1) is 10.3. The molecule has 0 bridgehead atoms. The van der Waals surface area contributed by atoms with Gasteiger partial charge in [0, 0.05) is 8.95 Å². The lowest BCUT2D eigenvalue weighted by molar-refractivity contribution is -0.119. The molecule has 0 aliphatic heterocycles. The van der Waals surface area contributed by atoms with Gasteiger partial charge in [0.2, 0.25) is 15.9 Å². The van der Waals surface area contributed by atoms with Crippen molar-refractivity contribution in [2.24, 2.45) is 5.73 Å². The van der Waals surface area contributed by atoms with E-state index in [1.165, 1.54) is 6.07 Å². The van der Waals surface area contributed by atoms with Gasteiger partial charge in [0.05, 0.1) is 4.90 Å². The van der Waals surface area contributed by atoms with E-state index in [9.17, 15) is 13.2 Å². The van der Waals surface area contributed by atoms with Gasteiger partial charge in [-0.25, -0.2) is 8.42 Å². The maximum atomic E-state index is 12.5. The molecule has 3 N–H and O–H groups in total. The average molecular weight is 448 g/mol. The monoisotopic (exact) mass is 446 g/mol. The molecule has 1 unspecified atom stereocenters. The van der Waals surface area contributed by atoms with Gasteiger partial charge in [-0.1, -0.05) is 46.3 Å². The molecule has 22 heavy (non-hydrogen) atoms. The number of halogens is 2. The molecule has 0 aromatic heterocycles. The van der Waals surface area contributed by atoms with Gasteiger partial charge < -0.3 is 5.73 Å². The first-order valence-corrected chi connectivity index (χ1v) is 9.20. The fourth-order valence-corrected chi connectivity index (χ4v) is 4.53. The number of hydrogen-bond donors (Lipinski definition) is 2. The summed E-state index contributed by atoms with van der Waals surface area (Å²) in [6, 6.07) is 12.0. The minimum Gasteiger partial charge on any atom is -0.368 e. The Balaban J connectivity index is 2.41. The molecule has 2 rings (SSSR count). The second kappa shape index (κ2) is 6.91. The lowest BCUT2D eigenvalue weighted by Crippen LogP contribution is -2.37. The van der Waals surface area contributed by atoms with Gasteiger partial charge in [-0.3, -0.25) is 4.79 Å². The molecule has 116 valence electrons. The summed E-state index contributed by atoms with van der Waals surface area (Å²) in [4.78, 5) is 11.7. The van der Waals surface area contributed by atoms with Crippen molar-refractivity contribution in [2.75, 3.05) is 0 Å². The van der Waals surface area contributed by atoms with Crippen LogP contribution in [0.25, 0.3) is 0 Å². The molecular formula is C14H12Br2N2O3S. The topological polar surface area (TPSA) is 89.3 Å². The molecular weight excluding hydrogens is 436 g/mol. The number of nitrogens with two attached hydrogens (primary N) is 1. The minimum absolute atomic E-state index is 0.0176. The van der Waals surface area contributed by atoms with Gasteiger partial charge in [-0.15, -0.1) is 0 Å². The number of hydrogen-bond acceptors (Lipinski definition) is 3. The van der Waals surface area contributed by atoms with Crippen LogP contribution in [0.3, 0.4) is 0 Å². The van der Waals surface area contributed by atoms with E-state index in [4.69, 9.17) is 5.73 Å². The molecule has 0 fully saturated rings. The van der Waals surface area contributed by atoms with E-state index in [1.54, 1.807) is 42.5 Å². The average Bonchev–Trinajstić information content (AvgIpc) is 2.48. The van der Waals surface area contributed by atoms with E-state index in [0.717, 1.165) is 0 Å². The summed E-state index contributed by atoms with van der Waals surface area (Å²) in [5.41, 5.74) is 5.81. The fraction of sp³-hybridized carbons (Fsp3) is 0.0714. The van der Waals surface area contributed by atoms with Gasteiger partial charge in [-0.05, 0) is 39.7 Å². The molecule has 0 heterocycles. The molecule has 0 radical (unpaired) electrons. The zero-order valence-corrected chi connectivity index (χ0v) is 15.2. The van der Waals surface area contributed by atoms with Crippen molar-refractivity contribution in [3.8, 4) is 0 Å². The van der Waals surface area contributed by atoms with Crippen molar-refractivity contribution in [1.82, 2.24) is 4.72 Å². The summed E-state index contributed by atoms with van der Waals surface area (Å²) in [6.45, 7) is 0. The van der Waals surface area contributed by atoms with Gasteiger partial charge in [-0.2, -0.15) is 4.72 Å². The van der Waals surface area contributed by atoms with E-state index >= 15 is 0 Å². The summed E-state index contributed by atoms with van der Waals surface area (Å²) < 4.78 is 28.4. The third kappa shape index (κ3) is 3.95. The second-order valence-corrected chi connectivity index (χ2v) is 7.89. The van der Waals surface area contributed by atoms with Crippen molar-refractivity contribution in [1.29, 1.82) is 0 Å². The van der Waals surface area contributed by atoms with Crippen LogP contribution in [0, 0.1) is 0 Å². The van der Waals surface area contributed by atoms with Crippen molar-refractivity contribution < 1.29 is 13.2 Å². The lowest BCUT2D eigenvalue weighted by Gasteiger charge is -2.17. The Kier molecular flexibility index (Phi) is 5.38. The lowest BCUT2D eigenvalue weighted by atomic mass is 10.1. The molecule has 0 aliphatic carbocycles. The predicted molar refractivity (Wildman–Crippen MR) is 90.5 cm³/mol. The summed E-state index contributed by atoms with van der Waals surface area (Å²) in [6.07, 6.45) is 0. The fourth-order valence-electron chi connectivity index (χ4n) is 1.84. The summed E-state index contributed by atoms with van der Waals surface area (Å²) in [5.74, 6) is -0.777. The maximum Gasteiger partial charge on any atom is 0.242 e. The van der Waals surface area contributed by atoms with Crippen molar-refractivity contribution in [3.05, 3.63) is 63.0 Å². The molecule has 0 spiro atoms. The van der Waals surface area contributed by atoms with E-state index in [1.807, 2.05) is 0 Å². The number of carbonyl (C=O) groups excluding carboxylic acids is 1. The summed E-state index contributed by atoms with van der Waals surface area (Å²) in [5, 5.41) is 0. The second-order valence-electron chi connectivity index (χ2n) is 4.44. The van der Waals surface area contributed by atoms with Crippen LogP contribution in [0.4, 0.5) is 0 Å². The third-order valence-electron chi connectivity index (χ3n) is 2.87. The smallest absolute Gasteiger partial charge is 0.242 e. The molecule has 2 aromatic rings. The van der Waals surface area contributed by atoms with Crippen LogP contribution >= 0.6 is 31.9 Å². The van der Waals surface area contributed by atoms with Crippen LogP contribution < -0.4 is 10.5 Å². The molecule has 0 aliphatic rings. The first-order valence-electron chi connectivity index (χ1n) is 6.13. The number of nitrogens with one attached hydrogen (secondary N) is 1. The van der Waals surface area contributed by atoms with Crippen LogP contribution in [0.2, 0.25) is 0 Å². The molecule has 1 atom stereocenters. The Labute approximate surface area is 145 Å². The normalized spacial score (nSPS) is 12.8. The van der Waals surface area contributed by atoms with Crippen LogP contribution in [-0.4, -0.2) is 14.3 Å². The SMILES string of the molecule is NC(=O)C(NS(=O)(=O)c1cc(Br)ccc1Br)c1ccccc1. The van der Waals surface area contributed by atoms with E-state index in [-0.39, 0.29) is 4.90 Å². The summed E-state index contributed by atoms with van der Waals surface area (Å²) in [7, 11) is -3.93. The Morgan fingerprint density at radius 2 is 1.73 bits per heavy atom. The predicted octanol–water partition coefficient (Wildman–Crippen LogP) is 2.72.